The lowest BCUT2D eigenvalue weighted by molar-refractivity contribution is 0.194. The molecule has 1 aromatic carbocycles. The van der Waals surface area contributed by atoms with Crippen LogP contribution in [0.1, 0.15) is 37.6 Å². The summed E-state index contributed by atoms with van der Waals surface area (Å²) in [5.41, 5.74) is 2.68. The van der Waals surface area contributed by atoms with Crippen molar-refractivity contribution < 1.29 is 9.90 Å². The average Bonchev–Trinajstić information content (AvgIpc) is 2.85. The van der Waals surface area contributed by atoms with Crippen LogP contribution in [0, 0.1) is 5.92 Å². The Labute approximate surface area is 128 Å². The van der Waals surface area contributed by atoms with E-state index in [-0.39, 0.29) is 12.5 Å². The quantitative estimate of drug-likeness (QED) is 0.712. The zero-order valence-electron chi connectivity index (χ0n) is 12.2. The maximum Gasteiger partial charge on any atom is 0.404 e. The van der Waals surface area contributed by atoms with Crippen LogP contribution in [0.15, 0.2) is 18.2 Å². The van der Waals surface area contributed by atoms with Crippen molar-refractivity contribution in [1.29, 1.82) is 0 Å². The smallest absolute Gasteiger partial charge is 0.404 e. The van der Waals surface area contributed by atoms with Gasteiger partial charge in [-0.1, -0.05) is 19.9 Å². The number of H-pyrrole nitrogens is 1. The molecular weight excluding hydrogens is 290 g/mol. The maximum atomic E-state index is 10.5. The summed E-state index contributed by atoms with van der Waals surface area (Å²) in [4.78, 5) is 18.4. The molecule has 2 aromatic rings. The van der Waals surface area contributed by atoms with E-state index in [1.807, 2.05) is 18.2 Å². The number of aromatic amines is 1. The van der Waals surface area contributed by atoms with Gasteiger partial charge in [0.1, 0.15) is 5.82 Å². The molecule has 3 N–H and O–H groups in total. The lowest BCUT2D eigenvalue weighted by Crippen LogP contribution is -2.19. The highest BCUT2D eigenvalue weighted by Crippen LogP contribution is 2.25. The Morgan fingerprint density at radius 1 is 1.48 bits per heavy atom. The molecule has 1 heterocycles. The number of benzene rings is 1. The van der Waals surface area contributed by atoms with E-state index < -0.39 is 6.09 Å². The van der Waals surface area contributed by atoms with E-state index >= 15 is 0 Å². The number of carboxylic acid groups (broad SMARTS) is 1. The Hall–Kier alpha value is -1.75. The van der Waals surface area contributed by atoms with Crippen LogP contribution in [-0.2, 0) is 6.54 Å². The molecule has 1 atom stereocenters. The maximum absolute atomic E-state index is 10.5. The van der Waals surface area contributed by atoms with Crippen LogP contribution in [0.25, 0.3) is 11.0 Å². The van der Waals surface area contributed by atoms with Crippen molar-refractivity contribution in [3.8, 4) is 0 Å². The van der Waals surface area contributed by atoms with Crippen molar-refractivity contribution in [2.45, 2.75) is 32.7 Å². The average molecular weight is 310 g/mol. The summed E-state index contributed by atoms with van der Waals surface area (Å²) in [7, 11) is 0. The fourth-order valence-electron chi connectivity index (χ4n) is 2.37. The molecule has 0 bridgehead atoms. The summed E-state index contributed by atoms with van der Waals surface area (Å²) < 4.78 is 0. The predicted octanol–water partition coefficient (Wildman–Crippen LogP) is 3.70. The molecule has 5 nitrogen and oxygen atoms in total. The second-order valence-corrected chi connectivity index (χ2v) is 5.92. The summed E-state index contributed by atoms with van der Waals surface area (Å²) >= 11 is 6.05. The van der Waals surface area contributed by atoms with Crippen LogP contribution in [0.2, 0.25) is 0 Å². The van der Waals surface area contributed by atoms with Crippen molar-refractivity contribution in [3.63, 3.8) is 0 Å². The van der Waals surface area contributed by atoms with Gasteiger partial charge in [-0.3, -0.25) is 0 Å². The Balaban J connectivity index is 2.22. The number of nitrogens with zero attached hydrogens (tertiary/aromatic N) is 1. The number of rotatable bonds is 6. The Kier molecular flexibility index (Phi) is 5.07. The van der Waals surface area contributed by atoms with E-state index in [9.17, 15) is 4.79 Å². The SMILES string of the molecule is CC(C)CC(CCl)c1nc2ccc(CNC(=O)O)cc2[nH]1. The van der Waals surface area contributed by atoms with E-state index in [1.54, 1.807) is 0 Å². The number of aromatic nitrogens is 2. The number of halogens is 1. The van der Waals surface area contributed by atoms with E-state index in [2.05, 4.69) is 29.1 Å². The number of amides is 1. The fourth-order valence-corrected chi connectivity index (χ4v) is 2.65. The molecular formula is C15H20ClN3O2. The topological polar surface area (TPSA) is 78.0 Å². The number of hydrogen-bond acceptors (Lipinski definition) is 2. The molecule has 0 aliphatic rings. The molecule has 114 valence electrons. The number of nitrogens with one attached hydrogen (secondary N) is 2. The van der Waals surface area contributed by atoms with Crippen molar-refractivity contribution in [2.75, 3.05) is 5.88 Å². The van der Waals surface area contributed by atoms with Gasteiger partial charge in [0.25, 0.3) is 0 Å². The van der Waals surface area contributed by atoms with Crippen LogP contribution in [0.5, 0.6) is 0 Å². The van der Waals surface area contributed by atoms with Crippen LogP contribution >= 0.6 is 11.6 Å². The van der Waals surface area contributed by atoms with Gasteiger partial charge < -0.3 is 15.4 Å². The van der Waals surface area contributed by atoms with Gasteiger partial charge in [0.05, 0.1) is 11.0 Å². The highest BCUT2D eigenvalue weighted by Gasteiger charge is 2.16. The number of carbonyl (C=O) groups is 1. The summed E-state index contributed by atoms with van der Waals surface area (Å²) in [6, 6.07) is 5.69. The van der Waals surface area contributed by atoms with E-state index in [4.69, 9.17) is 16.7 Å². The molecule has 1 amide bonds. The second-order valence-electron chi connectivity index (χ2n) is 5.61. The van der Waals surface area contributed by atoms with E-state index in [0.29, 0.717) is 11.8 Å². The Bertz CT molecular complexity index is 624. The lowest BCUT2D eigenvalue weighted by Gasteiger charge is -2.13. The fraction of sp³-hybridized carbons (Fsp3) is 0.467. The van der Waals surface area contributed by atoms with Crippen molar-refractivity contribution in [1.82, 2.24) is 15.3 Å². The third kappa shape index (κ3) is 4.11. The molecule has 0 spiro atoms. The first kappa shape index (κ1) is 15.6. The number of fused-ring (bicyclic) bond motifs is 1. The third-order valence-electron chi connectivity index (χ3n) is 3.34. The molecule has 1 aromatic heterocycles. The Morgan fingerprint density at radius 3 is 2.86 bits per heavy atom. The highest BCUT2D eigenvalue weighted by atomic mass is 35.5. The van der Waals surface area contributed by atoms with E-state index in [0.717, 1.165) is 28.8 Å². The second kappa shape index (κ2) is 6.80. The third-order valence-corrected chi connectivity index (χ3v) is 3.71. The summed E-state index contributed by atoms with van der Waals surface area (Å²) in [6.45, 7) is 4.61. The Morgan fingerprint density at radius 2 is 2.24 bits per heavy atom. The lowest BCUT2D eigenvalue weighted by atomic mass is 9.98. The highest BCUT2D eigenvalue weighted by molar-refractivity contribution is 6.18. The monoisotopic (exact) mass is 309 g/mol. The number of imidazole rings is 1. The van der Waals surface area contributed by atoms with Crippen molar-refractivity contribution in [3.05, 3.63) is 29.6 Å². The zero-order valence-corrected chi connectivity index (χ0v) is 12.9. The minimum absolute atomic E-state index is 0.208. The van der Waals surface area contributed by atoms with Crippen LogP contribution in [-0.4, -0.2) is 27.0 Å². The van der Waals surface area contributed by atoms with Gasteiger partial charge in [0.2, 0.25) is 0 Å². The molecule has 0 saturated heterocycles. The van der Waals surface area contributed by atoms with Crippen LogP contribution in [0.3, 0.4) is 0 Å². The van der Waals surface area contributed by atoms with Gasteiger partial charge in [-0.2, -0.15) is 0 Å². The normalized spacial score (nSPS) is 12.8. The van der Waals surface area contributed by atoms with Gasteiger partial charge in [0, 0.05) is 18.3 Å². The summed E-state index contributed by atoms with van der Waals surface area (Å²) in [6.07, 6.45) is -0.0453. The zero-order chi connectivity index (χ0) is 15.4. The largest absolute Gasteiger partial charge is 0.465 e. The molecule has 0 fully saturated rings. The first-order chi connectivity index (χ1) is 9.99. The standard InChI is InChI=1S/C15H20ClN3O2/c1-9(2)5-11(7-16)14-18-12-4-3-10(6-13(12)19-14)8-17-15(20)21/h3-4,6,9,11,17H,5,7-8H2,1-2H3,(H,18,19)(H,20,21). The first-order valence-electron chi connectivity index (χ1n) is 7.01. The molecule has 0 radical (unpaired) electrons. The van der Waals surface area contributed by atoms with Crippen LogP contribution in [0.4, 0.5) is 4.79 Å². The molecule has 0 saturated carbocycles. The van der Waals surface area contributed by atoms with Gasteiger partial charge in [-0.15, -0.1) is 11.6 Å². The molecule has 21 heavy (non-hydrogen) atoms. The van der Waals surface area contributed by atoms with E-state index in [1.165, 1.54) is 0 Å². The van der Waals surface area contributed by atoms with Crippen molar-refractivity contribution >= 4 is 28.7 Å². The molecule has 1 unspecified atom stereocenters. The van der Waals surface area contributed by atoms with Gasteiger partial charge in [-0.25, -0.2) is 9.78 Å². The first-order valence-corrected chi connectivity index (χ1v) is 7.54. The van der Waals surface area contributed by atoms with Gasteiger partial charge >= 0.3 is 6.09 Å². The number of alkyl halides is 1. The molecule has 2 rings (SSSR count). The van der Waals surface area contributed by atoms with Crippen LogP contribution < -0.4 is 5.32 Å². The molecule has 6 heteroatoms. The van der Waals surface area contributed by atoms with Gasteiger partial charge in [0.15, 0.2) is 0 Å². The minimum atomic E-state index is -1.03. The predicted molar refractivity (Wildman–Crippen MR) is 83.9 cm³/mol. The number of hydrogen-bond donors (Lipinski definition) is 3. The van der Waals surface area contributed by atoms with Crippen molar-refractivity contribution in [2.24, 2.45) is 5.92 Å². The van der Waals surface area contributed by atoms with Gasteiger partial charge in [-0.05, 0) is 30.0 Å². The molecule has 0 aliphatic carbocycles. The summed E-state index contributed by atoms with van der Waals surface area (Å²) in [5, 5.41) is 11.0. The minimum Gasteiger partial charge on any atom is -0.465 e. The molecule has 0 aliphatic heterocycles. The summed E-state index contributed by atoms with van der Waals surface area (Å²) in [5.74, 6) is 2.19.